The Labute approximate surface area is 298 Å². The van der Waals surface area contributed by atoms with E-state index in [9.17, 15) is 9.59 Å². The van der Waals surface area contributed by atoms with E-state index in [0.717, 1.165) is 48.8 Å². The number of carbonyl (C=O) groups excluding carboxylic acids is 2. The Kier molecular flexibility index (Phi) is 16.2. The Hall–Kier alpha value is -3.76. The molecule has 1 saturated carbocycles. The first-order chi connectivity index (χ1) is 23.5. The van der Waals surface area contributed by atoms with Crippen LogP contribution < -0.4 is 16.0 Å². The molecule has 2 aliphatic rings. The van der Waals surface area contributed by atoms with Crippen LogP contribution in [0, 0.1) is 5.92 Å². The fraction of sp³-hybridized carbons (Fsp3) is 0.553. The zero-order valence-corrected chi connectivity index (χ0v) is 31.0. The van der Waals surface area contributed by atoms with Crippen LogP contribution in [0.1, 0.15) is 83.9 Å². The van der Waals surface area contributed by atoms with Crippen molar-refractivity contribution in [1.29, 1.82) is 0 Å². The van der Waals surface area contributed by atoms with Crippen molar-refractivity contribution in [2.45, 2.75) is 90.4 Å². The number of piperazine rings is 1. The quantitative estimate of drug-likeness (QED) is 0.0882. The molecular formula is C38H57ClN6O4. The molecule has 270 valence electrons. The van der Waals surface area contributed by atoms with Gasteiger partial charge in [-0.3, -0.25) is 9.89 Å². The summed E-state index contributed by atoms with van der Waals surface area (Å²) >= 11 is 6.76. The number of amides is 2. The van der Waals surface area contributed by atoms with Crippen LogP contribution in [-0.2, 0) is 9.47 Å². The summed E-state index contributed by atoms with van der Waals surface area (Å²) in [4.78, 5) is 34.4. The highest BCUT2D eigenvalue weighted by atomic mass is 35.5. The number of benzene rings is 1. The third-order valence-corrected chi connectivity index (χ3v) is 9.04. The highest BCUT2D eigenvalue weighted by molar-refractivity contribution is 6.30. The van der Waals surface area contributed by atoms with E-state index in [1.165, 1.54) is 0 Å². The smallest absolute Gasteiger partial charge is 0.409 e. The molecule has 2 amide bonds. The van der Waals surface area contributed by atoms with Crippen LogP contribution in [0.15, 0.2) is 66.5 Å². The Bertz CT molecular complexity index is 1350. The number of hydrogen-bond donors (Lipinski definition) is 3. The number of rotatable bonds is 17. The van der Waals surface area contributed by atoms with E-state index in [0.29, 0.717) is 37.8 Å². The summed E-state index contributed by atoms with van der Waals surface area (Å²) in [5.74, 6) is 0.270. The van der Waals surface area contributed by atoms with Gasteiger partial charge >= 0.3 is 12.2 Å². The molecule has 0 bridgehead atoms. The van der Waals surface area contributed by atoms with E-state index < -0.39 is 17.7 Å². The lowest BCUT2D eigenvalue weighted by molar-refractivity contribution is -0.0323. The molecule has 11 heteroatoms. The lowest BCUT2D eigenvalue weighted by Crippen LogP contribution is -2.53. The number of alkyl carbamates (subject to hydrolysis) is 1. The van der Waals surface area contributed by atoms with Gasteiger partial charge < -0.3 is 30.3 Å². The van der Waals surface area contributed by atoms with Crippen LogP contribution in [0.5, 0.6) is 0 Å². The van der Waals surface area contributed by atoms with Gasteiger partial charge in [-0.2, -0.15) is 0 Å². The normalized spacial score (nSPS) is 18.7. The van der Waals surface area contributed by atoms with Crippen molar-refractivity contribution >= 4 is 35.7 Å². The maximum absolute atomic E-state index is 13.4. The molecule has 1 saturated heterocycles. The molecule has 1 aliphatic carbocycles. The minimum atomic E-state index is -0.543. The molecule has 49 heavy (non-hydrogen) atoms. The molecule has 3 unspecified atom stereocenters. The predicted molar refractivity (Wildman–Crippen MR) is 201 cm³/mol. The van der Waals surface area contributed by atoms with Gasteiger partial charge in [-0.05, 0) is 86.6 Å². The second-order valence-electron chi connectivity index (χ2n) is 13.3. The lowest BCUT2D eigenvalue weighted by atomic mass is 9.82. The largest absolute Gasteiger partial charge is 0.449 e. The molecule has 1 aromatic rings. The van der Waals surface area contributed by atoms with Gasteiger partial charge in [-0.1, -0.05) is 69.7 Å². The number of allylic oxidation sites excluding steroid dienone is 2. The van der Waals surface area contributed by atoms with E-state index >= 15 is 0 Å². The summed E-state index contributed by atoms with van der Waals surface area (Å²) in [5.41, 5.74) is 2.40. The first kappa shape index (κ1) is 39.7. The lowest BCUT2D eigenvalue weighted by Gasteiger charge is -2.42. The van der Waals surface area contributed by atoms with Crippen LogP contribution in [0.25, 0.3) is 5.57 Å². The van der Waals surface area contributed by atoms with Crippen LogP contribution >= 0.6 is 11.6 Å². The van der Waals surface area contributed by atoms with Gasteiger partial charge in [0, 0.05) is 44.4 Å². The van der Waals surface area contributed by atoms with Crippen molar-refractivity contribution in [3.05, 3.63) is 77.6 Å². The van der Waals surface area contributed by atoms with Crippen molar-refractivity contribution in [2.24, 2.45) is 10.9 Å². The zero-order valence-electron chi connectivity index (χ0n) is 30.2. The molecule has 0 aromatic heterocycles. The summed E-state index contributed by atoms with van der Waals surface area (Å²) in [5, 5.41) is 10.3. The van der Waals surface area contributed by atoms with Crippen molar-refractivity contribution in [3.8, 4) is 0 Å². The van der Waals surface area contributed by atoms with Gasteiger partial charge in [0.05, 0.1) is 31.1 Å². The number of halogens is 1. The van der Waals surface area contributed by atoms with Crippen LogP contribution in [0.3, 0.4) is 0 Å². The molecule has 0 radical (unpaired) electrons. The highest BCUT2D eigenvalue weighted by Gasteiger charge is 2.37. The van der Waals surface area contributed by atoms with E-state index in [-0.39, 0.29) is 24.1 Å². The van der Waals surface area contributed by atoms with Gasteiger partial charge in [0.25, 0.3) is 0 Å². The Balaban J connectivity index is 2.09. The SMILES string of the molecule is C=CNC(/C=C\C)C(c1ccc(Cl)cc1/C(=C\CCC)C(/C=C/NC=NC)NC(=O)OC1(C)CCC1)N1CCN(C(=O)OCC(C)C)CC1. The van der Waals surface area contributed by atoms with E-state index in [1.54, 1.807) is 30.7 Å². The number of nitrogens with one attached hydrogen (secondary N) is 3. The van der Waals surface area contributed by atoms with E-state index in [4.69, 9.17) is 21.1 Å². The molecular weight excluding hydrogens is 640 g/mol. The fourth-order valence-electron chi connectivity index (χ4n) is 6.12. The third kappa shape index (κ3) is 12.0. The van der Waals surface area contributed by atoms with Gasteiger partial charge in [0.15, 0.2) is 0 Å². The van der Waals surface area contributed by atoms with Gasteiger partial charge in [-0.15, -0.1) is 0 Å². The second kappa shape index (κ2) is 20.0. The molecule has 3 atom stereocenters. The maximum Gasteiger partial charge on any atom is 0.409 e. The average molecular weight is 697 g/mol. The minimum absolute atomic E-state index is 0.151. The monoisotopic (exact) mass is 696 g/mol. The summed E-state index contributed by atoms with van der Waals surface area (Å²) in [6.45, 7) is 16.9. The number of hydrogen-bond acceptors (Lipinski definition) is 7. The maximum atomic E-state index is 13.4. The van der Waals surface area contributed by atoms with Crippen LogP contribution in [0.4, 0.5) is 9.59 Å². The Morgan fingerprint density at radius 1 is 1.16 bits per heavy atom. The second-order valence-corrected chi connectivity index (χ2v) is 13.7. The predicted octanol–water partition coefficient (Wildman–Crippen LogP) is 7.45. The van der Waals surface area contributed by atoms with Gasteiger partial charge in [0.1, 0.15) is 5.60 Å². The van der Waals surface area contributed by atoms with Crippen molar-refractivity contribution < 1.29 is 19.1 Å². The topological polar surface area (TPSA) is 108 Å². The van der Waals surface area contributed by atoms with E-state index in [2.05, 4.69) is 57.6 Å². The summed E-state index contributed by atoms with van der Waals surface area (Å²) in [7, 11) is 1.69. The van der Waals surface area contributed by atoms with Crippen LogP contribution in [-0.4, -0.2) is 85.8 Å². The molecule has 10 nitrogen and oxygen atoms in total. The number of aliphatic imine (C=N–C) groups is 1. The van der Waals surface area contributed by atoms with Crippen molar-refractivity contribution in [3.63, 3.8) is 0 Å². The highest BCUT2D eigenvalue weighted by Crippen LogP contribution is 2.37. The van der Waals surface area contributed by atoms with Crippen molar-refractivity contribution in [1.82, 2.24) is 25.8 Å². The number of nitrogens with zero attached hydrogens (tertiary/aromatic N) is 3. The molecule has 1 aromatic carbocycles. The van der Waals surface area contributed by atoms with Crippen LogP contribution in [0.2, 0.25) is 5.02 Å². The van der Waals surface area contributed by atoms with Gasteiger partial charge in [-0.25, -0.2) is 9.59 Å². The third-order valence-electron chi connectivity index (χ3n) is 8.80. The zero-order chi connectivity index (χ0) is 35.8. The minimum Gasteiger partial charge on any atom is -0.449 e. The molecule has 3 rings (SSSR count). The number of unbranched alkanes of at least 4 members (excludes halogenated alkanes) is 1. The Morgan fingerprint density at radius 3 is 2.49 bits per heavy atom. The van der Waals surface area contributed by atoms with Gasteiger partial charge in [0.2, 0.25) is 0 Å². The number of ether oxygens (including phenoxy) is 2. The molecule has 3 N–H and O–H groups in total. The molecule has 1 aliphatic heterocycles. The van der Waals surface area contributed by atoms with E-state index in [1.807, 2.05) is 52.0 Å². The first-order valence-corrected chi connectivity index (χ1v) is 17.9. The van der Waals surface area contributed by atoms with Crippen molar-refractivity contribution in [2.75, 3.05) is 39.8 Å². The average Bonchev–Trinajstić information content (AvgIpc) is 3.06. The molecule has 0 spiro atoms. The Morgan fingerprint density at radius 2 is 1.90 bits per heavy atom. The standard InChI is InChI=1S/C38H57ClN6O4/c1-8-11-14-30(33(17-20-41-27-40-7)43-36(46)49-38(6)18-12-19-38)32-25-29(39)15-16-31(32)35(34(13-9-2)42-10-3)44-21-23-45(24-22-44)37(47)48-26-28(4)5/h9-10,13-17,20,25,27-28,33-35,42H,3,8,11-12,18-19,21-24,26H2,1-2,4-7H3,(H,40,41)(H,43,46)/b13-9-,20-17+,30-14+. The molecule has 1 heterocycles. The summed E-state index contributed by atoms with van der Waals surface area (Å²) in [6.07, 6.45) is 17.0. The molecule has 2 fully saturated rings. The summed E-state index contributed by atoms with van der Waals surface area (Å²) in [6, 6.07) is 5.10. The fourth-order valence-corrected chi connectivity index (χ4v) is 6.29. The first-order valence-electron chi connectivity index (χ1n) is 17.5. The summed E-state index contributed by atoms with van der Waals surface area (Å²) < 4.78 is 11.5. The number of carbonyl (C=O) groups is 2.